The molecule has 4 heteroatoms. The van der Waals surface area contributed by atoms with E-state index >= 15 is 0 Å². The predicted octanol–water partition coefficient (Wildman–Crippen LogP) is 3.40. The summed E-state index contributed by atoms with van der Waals surface area (Å²) in [7, 11) is 1.79. The van der Waals surface area contributed by atoms with Gasteiger partial charge >= 0.3 is 0 Å². The van der Waals surface area contributed by atoms with Gasteiger partial charge in [0.1, 0.15) is 0 Å². The standard InChI is InChI=1S/C20H27N3O/c1-4-24-15-18-11-9-17(10-12-18)13-22-20(21-3)23-14-19-8-6-5-7-16(19)2/h5-12H,4,13-15H2,1-3H3,(H2,21,22,23). The maximum atomic E-state index is 5.41. The molecular weight excluding hydrogens is 298 g/mol. The van der Waals surface area contributed by atoms with Crippen molar-refractivity contribution in [3.05, 3.63) is 70.8 Å². The number of rotatable bonds is 7. The summed E-state index contributed by atoms with van der Waals surface area (Å²) in [6.07, 6.45) is 0. The summed E-state index contributed by atoms with van der Waals surface area (Å²) >= 11 is 0. The second-order valence-corrected chi connectivity index (χ2v) is 5.66. The fourth-order valence-corrected chi connectivity index (χ4v) is 2.37. The number of nitrogens with zero attached hydrogens (tertiary/aromatic N) is 1. The summed E-state index contributed by atoms with van der Waals surface area (Å²) in [4.78, 5) is 4.28. The van der Waals surface area contributed by atoms with E-state index < -0.39 is 0 Å². The van der Waals surface area contributed by atoms with Crippen molar-refractivity contribution in [1.29, 1.82) is 0 Å². The third-order valence-electron chi connectivity index (χ3n) is 3.89. The molecule has 0 bridgehead atoms. The molecule has 0 aromatic heterocycles. The average Bonchev–Trinajstić information content (AvgIpc) is 2.62. The monoisotopic (exact) mass is 325 g/mol. The molecule has 0 atom stereocenters. The molecular formula is C20H27N3O. The van der Waals surface area contributed by atoms with Crippen LogP contribution in [0.3, 0.4) is 0 Å². The summed E-state index contributed by atoms with van der Waals surface area (Å²) in [5.74, 6) is 0.802. The highest BCUT2D eigenvalue weighted by molar-refractivity contribution is 5.79. The Hall–Kier alpha value is -2.33. The van der Waals surface area contributed by atoms with E-state index in [-0.39, 0.29) is 0 Å². The van der Waals surface area contributed by atoms with Crippen molar-refractivity contribution in [2.75, 3.05) is 13.7 Å². The van der Waals surface area contributed by atoms with Crippen LogP contribution in [0.15, 0.2) is 53.5 Å². The van der Waals surface area contributed by atoms with Gasteiger partial charge in [-0.15, -0.1) is 0 Å². The Bertz CT molecular complexity index is 650. The van der Waals surface area contributed by atoms with Gasteiger partial charge in [-0.05, 0) is 36.1 Å². The molecule has 0 amide bonds. The fourth-order valence-electron chi connectivity index (χ4n) is 2.37. The minimum absolute atomic E-state index is 0.670. The molecule has 2 N–H and O–H groups in total. The first-order valence-electron chi connectivity index (χ1n) is 8.37. The van der Waals surface area contributed by atoms with Gasteiger partial charge in [-0.3, -0.25) is 4.99 Å². The topological polar surface area (TPSA) is 45.6 Å². The molecule has 0 radical (unpaired) electrons. The molecule has 0 fully saturated rings. The first-order valence-corrected chi connectivity index (χ1v) is 8.37. The molecule has 0 aliphatic rings. The van der Waals surface area contributed by atoms with E-state index in [4.69, 9.17) is 4.74 Å². The molecule has 0 saturated carbocycles. The number of benzene rings is 2. The fraction of sp³-hybridized carbons (Fsp3) is 0.350. The molecule has 0 saturated heterocycles. The van der Waals surface area contributed by atoms with Gasteiger partial charge in [0.15, 0.2) is 5.96 Å². The highest BCUT2D eigenvalue weighted by atomic mass is 16.5. The van der Waals surface area contributed by atoms with E-state index in [0.29, 0.717) is 6.61 Å². The van der Waals surface area contributed by atoms with Crippen LogP contribution in [0.25, 0.3) is 0 Å². The average molecular weight is 325 g/mol. The van der Waals surface area contributed by atoms with E-state index in [1.807, 2.05) is 6.92 Å². The van der Waals surface area contributed by atoms with Gasteiger partial charge in [0.25, 0.3) is 0 Å². The molecule has 0 unspecified atom stereocenters. The number of ether oxygens (including phenoxy) is 1. The van der Waals surface area contributed by atoms with Crippen LogP contribution < -0.4 is 10.6 Å². The van der Waals surface area contributed by atoms with Gasteiger partial charge < -0.3 is 15.4 Å². The van der Waals surface area contributed by atoms with Gasteiger partial charge in [0.2, 0.25) is 0 Å². The third kappa shape index (κ3) is 5.70. The third-order valence-corrected chi connectivity index (χ3v) is 3.89. The van der Waals surface area contributed by atoms with Crippen molar-refractivity contribution in [1.82, 2.24) is 10.6 Å². The second-order valence-electron chi connectivity index (χ2n) is 5.66. The summed E-state index contributed by atoms with van der Waals surface area (Å²) in [5.41, 5.74) is 4.97. The first kappa shape index (κ1) is 18.0. The zero-order valence-corrected chi connectivity index (χ0v) is 14.8. The molecule has 0 spiro atoms. The Morgan fingerprint density at radius 2 is 1.62 bits per heavy atom. The summed E-state index contributed by atoms with van der Waals surface area (Å²) in [5, 5.41) is 6.70. The maximum Gasteiger partial charge on any atom is 0.191 e. The number of aliphatic imine (C=N–C) groups is 1. The van der Waals surface area contributed by atoms with E-state index in [9.17, 15) is 0 Å². The largest absolute Gasteiger partial charge is 0.377 e. The van der Waals surface area contributed by atoms with E-state index in [0.717, 1.165) is 25.7 Å². The van der Waals surface area contributed by atoms with Crippen molar-refractivity contribution in [3.8, 4) is 0 Å². The van der Waals surface area contributed by atoms with Crippen LogP contribution in [-0.4, -0.2) is 19.6 Å². The van der Waals surface area contributed by atoms with Crippen molar-refractivity contribution >= 4 is 5.96 Å². The van der Waals surface area contributed by atoms with Gasteiger partial charge in [-0.1, -0.05) is 48.5 Å². The summed E-state index contributed by atoms with van der Waals surface area (Å²) in [6.45, 7) is 7.04. The van der Waals surface area contributed by atoms with Crippen LogP contribution in [0.2, 0.25) is 0 Å². The summed E-state index contributed by atoms with van der Waals surface area (Å²) in [6, 6.07) is 16.8. The van der Waals surface area contributed by atoms with Crippen LogP contribution in [0.5, 0.6) is 0 Å². The minimum atomic E-state index is 0.670. The molecule has 0 aliphatic carbocycles. The van der Waals surface area contributed by atoms with Crippen molar-refractivity contribution in [3.63, 3.8) is 0 Å². The lowest BCUT2D eigenvalue weighted by Crippen LogP contribution is -2.36. The van der Waals surface area contributed by atoms with E-state index in [2.05, 4.69) is 71.1 Å². The second kappa shape index (κ2) is 9.73. The van der Waals surface area contributed by atoms with Crippen molar-refractivity contribution in [2.24, 2.45) is 4.99 Å². The molecule has 0 aliphatic heterocycles. The van der Waals surface area contributed by atoms with Crippen molar-refractivity contribution < 1.29 is 4.74 Å². The number of guanidine groups is 1. The molecule has 0 heterocycles. The van der Waals surface area contributed by atoms with Gasteiger partial charge in [0, 0.05) is 26.7 Å². The maximum absolute atomic E-state index is 5.41. The normalized spacial score (nSPS) is 11.4. The van der Waals surface area contributed by atoms with Crippen LogP contribution in [-0.2, 0) is 24.4 Å². The van der Waals surface area contributed by atoms with E-state index in [1.54, 1.807) is 7.05 Å². The van der Waals surface area contributed by atoms with Crippen LogP contribution in [0.1, 0.15) is 29.2 Å². The highest BCUT2D eigenvalue weighted by Crippen LogP contribution is 2.07. The zero-order valence-electron chi connectivity index (χ0n) is 14.8. The Morgan fingerprint density at radius 1 is 0.958 bits per heavy atom. The predicted molar refractivity (Wildman–Crippen MR) is 100.0 cm³/mol. The molecule has 4 nitrogen and oxygen atoms in total. The van der Waals surface area contributed by atoms with Crippen molar-refractivity contribution in [2.45, 2.75) is 33.5 Å². The number of aryl methyl sites for hydroxylation is 1. The van der Waals surface area contributed by atoms with Crippen LogP contribution in [0, 0.1) is 6.92 Å². The minimum Gasteiger partial charge on any atom is -0.377 e. The molecule has 2 aromatic carbocycles. The summed E-state index contributed by atoms with van der Waals surface area (Å²) < 4.78 is 5.41. The Labute approximate surface area is 145 Å². The molecule has 128 valence electrons. The molecule has 2 aromatic rings. The Balaban J connectivity index is 1.82. The smallest absolute Gasteiger partial charge is 0.191 e. The molecule has 2 rings (SSSR count). The highest BCUT2D eigenvalue weighted by Gasteiger charge is 2.01. The molecule has 24 heavy (non-hydrogen) atoms. The van der Waals surface area contributed by atoms with Gasteiger partial charge in [0.05, 0.1) is 6.61 Å². The Morgan fingerprint density at radius 3 is 2.29 bits per heavy atom. The van der Waals surface area contributed by atoms with Crippen LogP contribution >= 0.6 is 0 Å². The SMILES string of the molecule is CCOCc1ccc(CNC(=NC)NCc2ccccc2C)cc1. The van der Waals surface area contributed by atoms with Gasteiger partial charge in [-0.25, -0.2) is 0 Å². The zero-order chi connectivity index (χ0) is 17.2. The number of nitrogens with one attached hydrogen (secondary N) is 2. The lowest BCUT2D eigenvalue weighted by Gasteiger charge is -2.13. The van der Waals surface area contributed by atoms with Crippen LogP contribution in [0.4, 0.5) is 0 Å². The first-order chi connectivity index (χ1) is 11.7. The van der Waals surface area contributed by atoms with E-state index in [1.165, 1.54) is 22.3 Å². The number of hydrogen-bond donors (Lipinski definition) is 2. The van der Waals surface area contributed by atoms with Gasteiger partial charge in [-0.2, -0.15) is 0 Å². The lowest BCUT2D eigenvalue weighted by molar-refractivity contribution is 0.134. The number of hydrogen-bond acceptors (Lipinski definition) is 2. The lowest BCUT2D eigenvalue weighted by atomic mass is 10.1. The quantitative estimate of drug-likeness (QED) is 0.606. The Kier molecular flexibility index (Phi) is 7.30.